The molecule has 0 aliphatic carbocycles. The van der Waals surface area contributed by atoms with Gasteiger partial charge in [0.1, 0.15) is 6.07 Å². The normalized spacial score (nSPS) is 12.9. The second-order valence-electron chi connectivity index (χ2n) is 6.74. The van der Waals surface area contributed by atoms with E-state index in [2.05, 4.69) is 5.32 Å². The van der Waals surface area contributed by atoms with Crippen LogP contribution in [0.4, 0.5) is 11.4 Å². The van der Waals surface area contributed by atoms with Crippen molar-refractivity contribution in [3.63, 3.8) is 0 Å². The van der Waals surface area contributed by atoms with Crippen LogP contribution in [0.25, 0.3) is 0 Å². The highest BCUT2D eigenvalue weighted by Gasteiger charge is 2.30. The average molecular weight is 438 g/mol. The van der Waals surface area contributed by atoms with Crippen molar-refractivity contribution in [3.05, 3.63) is 88.4 Å². The third-order valence-corrected chi connectivity index (χ3v) is 7.01. The summed E-state index contributed by atoms with van der Waals surface area (Å²) < 4.78 is 27.8. The largest absolute Gasteiger partial charge is 0.322 e. The summed E-state index contributed by atoms with van der Waals surface area (Å²) in [7, 11) is -3.80. The van der Waals surface area contributed by atoms with Gasteiger partial charge in [0.2, 0.25) is 0 Å². The summed E-state index contributed by atoms with van der Waals surface area (Å²) in [5.74, 6) is -0.486. The van der Waals surface area contributed by atoms with Crippen LogP contribution in [0, 0.1) is 11.3 Å². The fraction of sp³-hybridized carbons (Fsp3) is 0.0909. The zero-order chi connectivity index (χ0) is 21.3. The quantitative estimate of drug-likeness (QED) is 0.661. The van der Waals surface area contributed by atoms with Gasteiger partial charge in [-0.05, 0) is 54.4 Å². The minimum atomic E-state index is -3.80. The van der Waals surface area contributed by atoms with Crippen LogP contribution in [0.1, 0.15) is 21.5 Å². The summed E-state index contributed by atoms with van der Waals surface area (Å²) >= 11 is 5.91. The molecule has 0 fully saturated rings. The molecule has 1 aliphatic heterocycles. The van der Waals surface area contributed by atoms with E-state index in [1.807, 2.05) is 18.2 Å². The number of anilines is 2. The van der Waals surface area contributed by atoms with E-state index in [1.54, 1.807) is 18.2 Å². The van der Waals surface area contributed by atoms with Gasteiger partial charge in [-0.3, -0.25) is 9.10 Å². The van der Waals surface area contributed by atoms with Crippen LogP contribution in [0.3, 0.4) is 0 Å². The van der Waals surface area contributed by atoms with E-state index in [0.717, 1.165) is 5.56 Å². The Morgan fingerprint density at radius 2 is 1.87 bits per heavy atom. The molecule has 0 unspecified atom stereocenters. The summed E-state index contributed by atoms with van der Waals surface area (Å²) in [6.07, 6.45) is 0.646. The zero-order valence-electron chi connectivity index (χ0n) is 15.7. The Hall–Kier alpha value is -3.34. The minimum Gasteiger partial charge on any atom is -0.322 e. The van der Waals surface area contributed by atoms with E-state index in [-0.39, 0.29) is 21.0 Å². The predicted octanol–water partition coefficient (Wildman–Crippen LogP) is 4.22. The molecular formula is C22H16ClN3O3S. The topological polar surface area (TPSA) is 90.3 Å². The smallest absolute Gasteiger partial charge is 0.264 e. The fourth-order valence-corrected chi connectivity index (χ4v) is 5.08. The Kier molecular flexibility index (Phi) is 5.20. The van der Waals surface area contributed by atoms with E-state index in [0.29, 0.717) is 24.3 Å². The Morgan fingerprint density at radius 3 is 2.67 bits per heavy atom. The third-order valence-electron chi connectivity index (χ3n) is 4.87. The number of rotatable bonds is 4. The highest BCUT2D eigenvalue weighted by molar-refractivity contribution is 7.92. The lowest BCUT2D eigenvalue weighted by atomic mass is 10.2. The van der Waals surface area contributed by atoms with Crippen molar-refractivity contribution in [2.75, 3.05) is 16.2 Å². The third kappa shape index (κ3) is 3.63. The number of benzene rings is 3. The molecule has 4 rings (SSSR count). The number of fused-ring (bicyclic) bond motifs is 1. The molecule has 3 aromatic rings. The second-order valence-corrected chi connectivity index (χ2v) is 9.01. The van der Waals surface area contributed by atoms with Crippen molar-refractivity contribution in [1.82, 2.24) is 0 Å². The van der Waals surface area contributed by atoms with Crippen molar-refractivity contribution < 1.29 is 13.2 Å². The van der Waals surface area contributed by atoms with Gasteiger partial charge >= 0.3 is 0 Å². The van der Waals surface area contributed by atoms with E-state index in [4.69, 9.17) is 16.9 Å². The maximum atomic E-state index is 13.2. The van der Waals surface area contributed by atoms with Gasteiger partial charge in [0.25, 0.3) is 15.9 Å². The van der Waals surface area contributed by atoms with E-state index < -0.39 is 15.9 Å². The Labute approximate surface area is 179 Å². The van der Waals surface area contributed by atoms with Crippen molar-refractivity contribution in [3.8, 4) is 6.07 Å². The van der Waals surface area contributed by atoms with Crippen LogP contribution in [-0.2, 0) is 16.4 Å². The molecule has 8 heteroatoms. The molecule has 6 nitrogen and oxygen atoms in total. The number of sulfonamides is 1. The molecule has 0 atom stereocenters. The van der Waals surface area contributed by atoms with Crippen LogP contribution in [0.2, 0.25) is 5.02 Å². The number of nitrogens with one attached hydrogen (secondary N) is 1. The first-order valence-corrected chi connectivity index (χ1v) is 10.9. The van der Waals surface area contributed by atoms with Gasteiger partial charge in [-0.15, -0.1) is 0 Å². The molecule has 150 valence electrons. The van der Waals surface area contributed by atoms with Crippen LogP contribution >= 0.6 is 11.6 Å². The molecule has 1 heterocycles. The lowest BCUT2D eigenvalue weighted by molar-refractivity contribution is 0.102. The first kappa shape index (κ1) is 20.0. The number of nitrogens with zero attached hydrogens (tertiary/aromatic N) is 2. The highest BCUT2D eigenvalue weighted by Crippen LogP contribution is 2.32. The molecule has 0 aromatic heterocycles. The Balaban J connectivity index is 1.61. The molecule has 1 amide bonds. The Morgan fingerprint density at radius 1 is 1.07 bits per heavy atom. The number of nitriles is 1. The summed E-state index contributed by atoms with van der Waals surface area (Å²) in [5, 5.41) is 12.0. The molecule has 0 saturated carbocycles. The van der Waals surface area contributed by atoms with Gasteiger partial charge in [0.15, 0.2) is 0 Å². The molecule has 0 bridgehead atoms. The van der Waals surface area contributed by atoms with Gasteiger partial charge < -0.3 is 5.32 Å². The molecule has 0 spiro atoms. The van der Waals surface area contributed by atoms with Gasteiger partial charge in [-0.25, -0.2) is 8.42 Å². The van der Waals surface area contributed by atoms with Crippen molar-refractivity contribution in [1.29, 1.82) is 5.26 Å². The maximum absolute atomic E-state index is 13.2. The first-order chi connectivity index (χ1) is 14.4. The van der Waals surface area contributed by atoms with Crippen LogP contribution in [0.15, 0.2) is 71.6 Å². The monoisotopic (exact) mass is 437 g/mol. The van der Waals surface area contributed by atoms with Crippen LogP contribution in [-0.4, -0.2) is 20.9 Å². The van der Waals surface area contributed by atoms with Crippen LogP contribution in [0.5, 0.6) is 0 Å². The van der Waals surface area contributed by atoms with E-state index in [1.165, 1.54) is 40.7 Å². The summed E-state index contributed by atoms with van der Waals surface area (Å²) in [6, 6.07) is 19.8. The lowest BCUT2D eigenvalue weighted by Gasteiger charge is -2.20. The van der Waals surface area contributed by atoms with Crippen LogP contribution < -0.4 is 9.62 Å². The molecular weight excluding hydrogens is 422 g/mol. The number of carbonyl (C=O) groups excluding carboxylic acids is 1. The summed E-state index contributed by atoms with van der Waals surface area (Å²) in [6.45, 7) is 0.361. The summed E-state index contributed by atoms with van der Waals surface area (Å²) in [5.41, 5.74) is 2.46. The lowest BCUT2D eigenvalue weighted by Crippen LogP contribution is -2.29. The minimum absolute atomic E-state index is 0.0423. The number of amides is 1. The second kappa shape index (κ2) is 7.82. The zero-order valence-corrected chi connectivity index (χ0v) is 17.2. The molecule has 3 aromatic carbocycles. The van der Waals surface area contributed by atoms with E-state index >= 15 is 0 Å². The maximum Gasteiger partial charge on any atom is 0.264 e. The predicted molar refractivity (Wildman–Crippen MR) is 115 cm³/mol. The van der Waals surface area contributed by atoms with Gasteiger partial charge in [0.05, 0.1) is 21.2 Å². The number of hydrogen-bond donors (Lipinski definition) is 1. The molecule has 1 aliphatic rings. The number of halogens is 1. The standard InChI is InChI=1S/C22H16ClN3O3S/c23-20-9-8-18(12-17(20)14-24)25-22(27)16-5-3-6-19(13-16)30(28,29)26-11-10-15-4-1-2-7-21(15)26/h1-9,12-13H,10-11H2,(H,25,27). The summed E-state index contributed by atoms with van der Waals surface area (Å²) in [4.78, 5) is 12.7. The van der Waals surface area contributed by atoms with Crippen molar-refractivity contribution in [2.24, 2.45) is 0 Å². The number of para-hydroxylation sites is 1. The van der Waals surface area contributed by atoms with Gasteiger partial charge in [-0.2, -0.15) is 5.26 Å². The molecule has 0 saturated heterocycles. The Bertz CT molecular complexity index is 1300. The van der Waals surface area contributed by atoms with Gasteiger partial charge in [0, 0.05) is 17.8 Å². The van der Waals surface area contributed by atoms with Crippen molar-refractivity contribution >= 4 is 38.9 Å². The van der Waals surface area contributed by atoms with E-state index in [9.17, 15) is 13.2 Å². The fourth-order valence-electron chi connectivity index (χ4n) is 3.37. The first-order valence-electron chi connectivity index (χ1n) is 9.12. The molecule has 30 heavy (non-hydrogen) atoms. The SMILES string of the molecule is N#Cc1cc(NC(=O)c2cccc(S(=O)(=O)N3CCc4ccccc43)c2)ccc1Cl. The van der Waals surface area contributed by atoms with Crippen molar-refractivity contribution in [2.45, 2.75) is 11.3 Å². The average Bonchev–Trinajstić information content (AvgIpc) is 3.20. The molecule has 1 N–H and O–H groups in total. The highest BCUT2D eigenvalue weighted by atomic mass is 35.5. The number of carbonyl (C=O) groups is 1. The molecule has 0 radical (unpaired) electrons. The number of hydrogen-bond acceptors (Lipinski definition) is 4. The van der Waals surface area contributed by atoms with Gasteiger partial charge in [-0.1, -0.05) is 35.9 Å².